The largest absolute Gasteiger partial charge is 0.481 e. The van der Waals surface area contributed by atoms with E-state index in [2.05, 4.69) is 94.1 Å². The quantitative estimate of drug-likeness (QED) is 0.119. The van der Waals surface area contributed by atoms with Crippen molar-refractivity contribution in [2.45, 2.75) is 65.1 Å². The maximum absolute atomic E-state index is 13.1. The molecule has 228 valence electrons. The van der Waals surface area contributed by atoms with Crippen molar-refractivity contribution in [1.29, 1.82) is 0 Å². The lowest BCUT2D eigenvalue weighted by atomic mass is 9.98. The average Bonchev–Trinajstić information content (AvgIpc) is 3.56. The fourth-order valence-electron chi connectivity index (χ4n) is 4.55. The van der Waals surface area contributed by atoms with Crippen LogP contribution >= 0.6 is 12.6 Å². The van der Waals surface area contributed by atoms with E-state index in [1.165, 1.54) is 5.56 Å². The number of aromatic nitrogens is 4. The molecule has 0 unspecified atom stereocenters. The summed E-state index contributed by atoms with van der Waals surface area (Å²) in [5.41, 5.74) is 5.31. The van der Waals surface area contributed by atoms with E-state index in [0.29, 0.717) is 24.5 Å². The smallest absolute Gasteiger partial charge is 0.303 e. The number of unbranched alkanes of at least 4 members (excludes halogenated alkanes) is 1. The molecule has 0 fully saturated rings. The Bertz CT molecular complexity index is 1380. The number of tetrazole rings is 1. The van der Waals surface area contributed by atoms with Crippen LogP contribution in [0.25, 0.3) is 22.5 Å². The van der Waals surface area contributed by atoms with E-state index in [1.807, 2.05) is 49.4 Å². The van der Waals surface area contributed by atoms with E-state index in [0.717, 1.165) is 41.5 Å². The summed E-state index contributed by atoms with van der Waals surface area (Å²) in [5, 5.41) is 29.1. The zero-order chi connectivity index (χ0) is 31.0. The number of amides is 1. The minimum atomic E-state index is -0.693. The summed E-state index contributed by atoms with van der Waals surface area (Å²) in [6.07, 6.45) is 2.84. The van der Waals surface area contributed by atoms with E-state index >= 15 is 0 Å². The van der Waals surface area contributed by atoms with Crippen LogP contribution in [-0.4, -0.2) is 55.4 Å². The Morgan fingerprint density at radius 1 is 0.930 bits per heavy atom. The predicted octanol–water partition coefficient (Wildman–Crippen LogP) is 5.57. The van der Waals surface area contributed by atoms with Crippen LogP contribution in [0.3, 0.4) is 0 Å². The molecule has 0 radical (unpaired) electrons. The fourth-order valence-corrected chi connectivity index (χ4v) is 4.77. The summed E-state index contributed by atoms with van der Waals surface area (Å²) in [6, 6.07) is 26.2. The molecule has 1 amide bonds. The van der Waals surface area contributed by atoms with Gasteiger partial charge in [-0.1, -0.05) is 106 Å². The van der Waals surface area contributed by atoms with Crippen molar-refractivity contribution < 1.29 is 14.7 Å². The summed E-state index contributed by atoms with van der Waals surface area (Å²) in [7, 11) is 0. The average molecular weight is 603 g/mol. The number of carboxylic acids is 1. The number of nitrogens with zero attached hydrogens (tertiary/aromatic N) is 3. The summed E-state index contributed by atoms with van der Waals surface area (Å²) in [6.45, 7) is 6.68. The van der Waals surface area contributed by atoms with Crippen LogP contribution in [0.15, 0.2) is 78.9 Å². The fraction of sp³-hybridized carbons (Fsp3) is 0.364. The normalized spacial score (nSPS) is 12.2. The van der Waals surface area contributed by atoms with Gasteiger partial charge in [0, 0.05) is 30.3 Å². The highest BCUT2D eigenvalue weighted by atomic mass is 32.1. The summed E-state index contributed by atoms with van der Waals surface area (Å²) >= 11 is 4.47. The second-order valence-corrected chi connectivity index (χ2v) is 11.0. The zero-order valence-electron chi connectivity index (χ0n) is 25.0. The Morgan fingerprint density at radius 2 is 1.60 bits per heavy atom. The van der Waals surface area contributed by atoms with Crippen LogP contribution in [0, 0.1) is 5.92 Å². The van der Waals surface area contributed by atoms with E-state index < -0.39 is 5.97 Å². The zero-order valence-corrected chi connectivity index (χ0v) is 25.9. The van der Waals surface area contributed by atoms with Crippen LogP contribution in [0.5, 0.6) is 0 Å². The molecular formula is C33H42N6O3S. The van der Waals surface area contributed by atoms with Crippen molar-refractivity contribution in [2.24, 2.45) is 5.92 Å². The minimum Gasteiger partial charge on any atom is -0.481 e. The van der Waals surface area contributed by atoms with Gasteiger partial charge in [0.15, 0.2) is 0 Å². The number of carbonyl (C=O) groups excluding carboxylic acids is 1. The second kappa shape index (κ2) is 17.8. The van der Waals surface area contributed by atoms with Crippen molar-refractivity contribution in [1.82, 2.24) is 31.3 Å². The maximum atomic E-state index is 13.1. The van der Waals surface area contributed by atoms with Crippen LogP contribution in [0.4, 0.5) is 0 Å². The lowest BCUT2D eigenvalue weighted by molar-refractivity contribution is -0.137. The standard InChI is InChI=1S/C28H32N6OS.C5H10O2/c1-19(2)26(28(35)30-23(18-36)16-20-8-4-3-5-9-20)29-17-21-12-14-22(15-13-21)24-10-6-7-11-25(24)27-31-33-34-32-27;1-2-3-4-5(6)7/h3-15,19,23,26,29,36H,16-18H2,1-2H3,(H,30,35)(H,31,32,33,34);2-4H2,1H3,(H,6,7)/t23-,26+;/m1./s1. The first-order valence-electron chi connectivity index (χ1n) is 14.6. The number of aromatic amines is 1. The Hall–Kier alpha value is -4.02. The molecule has 0 aliphatic rings. The van der Waals surface area contributed by atoms with Gasteiger partial charge in [0.1, 0.15) is 0 Å². The van der Waals surface area contributed by atoms with E-state index in [-0.39, 0.29) is 23.9 Å². The van der Waals surface area contributed by atoms with Gasteiger partial charge in [-0.05, 0) is 46.2 Å². The highest BCUT2D eigenvalue weighted by Gasteiger charge is 2.24. The maximum Gasteiger partial charge on any atom is 0.303 e. The van der Waals surface area contributed by atoms with Gasteiger partial charge in [-0.15, -0.1) is 10.2 Å². The molecule has 3 aromatic carbocycles. The molecular weight excluding hydrogens is 560 g/mol. The molecule has 1 heterocycles. The third-order valence-corrected chi connectivity index (χ3v) is 7.33. The number of thiol groups is 1. The summed E-state index contributed by atoms with van der Waals surface area (Å²) < 4.78 is 0. The van der Waals surface area contributed by atoms with Gasteiger partial charge in [-0.2, -0.15) is 17.8 Å². The van der Waals surface area contributed by atoms with Gasteiger partial charge in [0.05, 0.1) is 6.04 Å². The monoisotopic (exact) mass is 602 g/mol. The van der Waals surface area contributed by atoms with Gasteiger partial charge in [-0.3, -0.25) is 9.59 Å². The van der Waals surface area contributed by atoms with Crippen molar-refractivity contribution in [3.05, 3.63) is 90.0 Å². The Morgan fingerprint density at radius 3 is 2.16 bits per heavy atom. The van der Waals surface area contributed by atoms with Gasteiger partial charge in [0.25, 0.3) is 0 Å². The summed E-state index contributed by atoms with van der Waals surface area (Å²) in [5.74, 6) is 0.600. The van der Waals surface area contributed by atoms with Gasteiger partial charge < -0.3 is 15.7 Å². The molecule has 4 aromatic rings. The molecule has 4 N–H and O–H groups in total. The van der Waals surface area contributed by atoms with E-state index in [1.54, 1.807) is 0 Å². The highest BCUT2D eigenvalue weighted by Crippen LogP contribution is 2.29. The first-order chi connectivity index (χ1) is 20.8. The molecule has 0 aliphatic heterocycles. The Labute approximate surface area is 259 Å². The first kappa shape index (κ1) is 33.5. The number of hydrogen-bond acceptors (Lipinski definition) is 7. The number of nitrogens with one attached hydrogen (secondary N) is 3. The molecule has 4 rings (SSSR count). The molecule has 43 heavy (non-hydrogen) atoms. The number of carbonyl (C=O) groups is 2. The van der Waals surface area contributed by atoms with Gasteiger partial charge in [0.2, 0.25) is 11.7 Å². The molecule has 0 saturated carbocycles. The SMILES string of the molecule is CC(C)[C@H](NCc1ccc(-c2ccccc2-c2nn[nH]n2)cc1)C(=O)N[C@@H](CS)Cc1ccccc1.CCCCC(=O)O. The number of aliphatic carboxylic acids is 1. The van der Waals surface area contributed by atoms with Crippen molar-refractivity contribution in [2.75, 3.05) is 5.75 Å². The van der Waals surface area contributed by atoms with Crippen LogP contribution < -0.4 is 10.6 Å². The number of benzene rings is 3. The highest BCUT2D eigenvalue weighted by molar-refractivity contribution is 7.80. The third kappa shape index (κ3) is 11.0. The first-order valence-corrected chi connectivity index (χ1v) is 15.3. The molecule has 0 bridgehead atoms. The van der Waals surface area contributed by atoms with Crippen LogP contribution in [0.1, 0.15) is 51.2 Å². The topological polar surface area (TPSA) is 133 Å². The van der Waals surface area contributed by atoms with Gasteiger partial charge in [-0.25, -0.2) is 0 Å². The van der Waals surface area contributed by atoms with Crippen LogP contribution in [-0.2, 0) is 22.6 Å². The number of hydrogen-bond donors (Lipinski definition) is 5. The Kier molecular flexibility index (Phi) is 13.9. The molecule has 0 aliphatic carbocycles. The lowest BCUT2D eigenvalue weighted by Gasteiger charge is -2.25. The summed E-state index contributed by atoms with van der Waals surface area (Å²) in [4.78, 5) is 22.9. The minimum absolute atomic E-state index is 0.00522. The van der Waals surface area contributed by atoms with Crippen molar-refractivity contribution in [3.63, 3.8) is 0 Å². The molecule has 0 spiro atoms. The number of rotatable bonds is 14. The van der Waals surface area contributed by atoms with Crippen molar-refractivity contribution in [3.8, 4) is 22.5 Å². The van der Waals surface area contributed by atoms with Crippen LogP contribution in [0.2, 0.25) is 0 Å². The third-order valence-electron chi connectivity index (χ3n) is 6.89. The van der Waals surface area contributed by atoms with Crippen molar-refractivity contribution >= 4 is 24.5 Å². The molecule has 2 atom stereocenters. The van der Waals surface area contributed by atoms with E-state index in [9.17, 15) is 9.59 Å². The second-order valence-electron chi connectivity index (χ2n) is 10.7. The Balaban J connectivity index is 0.000000646. The van der Waals surface area contributed by atoms with E-state index in [4.69, 9.17) is 5.11 Å². The molecule has 10 heteroatoms. The number of H-pyrrole nitrogens is 1. The predicted molar refractivity (Wildman–Crippen MR) is 174 cm³/mol. The van der Waals surface area contributed by atoms with Gasteiger partial charge >= 0.3 is 5.97 Å². The lowest BCUT2D eigenvalue weighted by Crippen LogP contribution is -2.51. The molecule has 9 nitrogen and oxygen atoms in total. The molecule has 0 saturated heterocycles. The molecule has 1 aromatic heterocycles. The number of carboxylic acid groups (broad SMARTS) is 1.